The van der Waals surface area contributed by atoms with Crippen LogP contribution >= 0.6 is 0 Å². The van der Waals surface area contributed by atoms with Crippen molar-refractivity contribution in [3.63, 3.8) is 0 Å². The van der Waals surface area contributed by atoms with E-state index in [9.17, 15) is 15.0 Å². The molecule has 0 aliphatic heterocycles. The maximum Gasteiger partial charge on any atom is 0.340 e. The Kier molecular flexibility index (Phi) is 4.66. The van der Waals surface area contributed by atoms with E-state index in [1.165, 1.54) is 6.92 Å². The molecule has 1 aromatic carbocycles. The van der Waals surface area contributed by atoms with Gasteiger partial charge in [-0.3, -0.25) is 0 Å². The van der Waals surface area contributed by atoms with Crippen LogP contribution in [0.5, 0.6) is 5.75 Å². The SMILES string of the molecule is C[SiH](C)Oc1cc(C(C)(C)C)ccc1C(C)(O)C(=O)O. The number of hydrogen-bond donors (Lipinski definition) is 2. The second-order valence-corrected chi connectivity index (χ2v) is 8.84. The predicted octanol–water partition coefficient (Wildman–Crippen LogP) is 2.64. The van der Waals surface area contributed by atoms with E-state index in [4.69, 9.17) is 4.43 Å². The van der Waals surface area contributed by atoms with Crippen LogP contribution in [0.1, 0.15) is 38.8 Å². The number of aliphatic hydroxyl groups is 1. The number of hydrogen-bond acceptors (Lipinski definition) is 3. The van der Waals surface area contributed by atoms with Crippen LogP contribution in [0.25, 0.3) is 0 Å². The van der Waals surface area contributed by atoms with Crippen molar-refractivity contribution in [1.29, 1.82) is 0 Å². The Hall–Kier alpha value is -1.33. The van der Waals surface area contributed by atoms with Gasteiger partial charge < -0.3 is 14.6 Å². The lowest BCUT2D eigenvalue weighted by Crippen LogP contribution is -2.33. The molecular weight excluding hydrogens is 272 g/mol. The lowest BCUT2D eigenvalue weighted by molar-refractivity contribution is -0.157. The van der Waals surface area contributed by atoms with Crippen molar-refractivity contribution in [3.05, 3.63) is 29.3 Å². The number of benzene rings is 1. The minimum absolute atomic E-state index is 0.0652. The largest absolute Gasteiger partial charge is 0.547 e. The van der Waals surface area contributed by atoms with Crippen LogP contribution in [0.15, 0.2) is 18.2 Å². The zero-order valence-corrected chi connectivity index (χ0v) is 14.2. The lowest BCUT2D eigenvalue weighted by atomic mass is 9.84. The molecule has 4 nitrogen and oxygen atoms in total. The minimum atomic E-state index is -1.95. The van der Waals surface area contributed by atoms with Crippen LogP contribution in [0.4, 0.5) is 0 Å². The normalized spacial score (nSPS) is 15.0. The van der Waals surface area contributed by atoms with E-state index in [0.717, 1.165) is 5.56 Å². The van der Waals surface area contributed by atoms with Gasteiger partial charge in [0.2, 0.25) is 9.04 Å². The molecule has 0 saturated heterocycles. The molecule has 0 aromatic heterocycles. The summed E-state index contributed by atoms with van der Waals surface area (Å²) < 4.78 is 5.83. The van der Waals surface area contributed by atoms with Crippen LogP contribution in [0.3, 0.4) is 0 Å². The summed E-state index contributed by atoms with van der Waals surface area (Å²) in [5, 5.41) is 19.4. The zero-order valence-electron chi connectivity index (χ0n) is 13.0. The molecule has 0 saturated carbocycles. The Labute approximate surface area is 122 Å². The zero-order chi connectivity index (χ0) is 15.7. The van der Waals surface area contributed by atoms with E-state index >= 15 is 0 Å². The van der Waals surface area contributed by atoms with E-state index in [1.54, 1.807) is 6.07 Å². The van der Waals surface area contributed by atoms with Crippen LogP contribution in [0.2, 0.25) is 13.1 Å². The monoisotopic (exact) mass is 296 g/mol. The molecule has 2 N–H and O–H groups in total. The van der Waals surface area contributed by atoms with Crippen LogP contribution < -0.4 is 4.43 Å². The van der Waals surface area contributed by atoms with Gasteiger partial charge in [0, 0.05) is 5.56 Å². The molecule has 1 unspecified atom stereocenters. The van der Waals surface area contributed by atoms with Gasteiger partial charge in [0.1, 0.15) is 5.75 Å². The third-order valence-corrected chi connectivity index (χ3v) is 3.88. The number of carbonyl (C=O) groups is 1. The first kappa shape index (κ1) is 16.7. The van der Waals surface area contributed by atoms with Crippen molar-refractivity contribution < 1.29 is 19.4 Å². The average Bonchev–Trinajstić information content (AvgIpc) is 2.26. The second-order valence-electron chi connectivity index (χ2n) is 6.50. The van der Waals surface area contributed by atoms with Crippen LogP contribution in [-0.2, 0) is 15.8 Å². The van der Waals surface area contributed by atoms with Crippen molar-refractivity contribution in [3.8, 4) is 5.75 Å². The summed E-state index contributed by atoms with van der Waals surface area (Å²) in [6.07, 6.45) is 0. The summed E-state index contributed by atoms with van der Waals surface area (Å²) in [4.78, 5) is 11.2. The lowest BCUT2D eigenvalue weighted by Gasteiger charge is -2.26. The van der Waals surface area contributed by atoms with Gasteiger partial charge in [-0.1, -0.05) is 32.9 Å². The van der Waals surface area contributed by atoms with Crippen molar-refractivity contribution in [1.82, 2.24) is 0 Å². The fraction of sp³-hybridized carbons (Fsp3) is 0.533. The first-order valence-corrected chi connectivity index (χ1v) is 9.51. The number of carboxylic acids is 1. The summed E-state index contributed by atoms with van der Waals surface area (Å²) >= 11 is 0. The van der Waals surface area contributed by atoms with E-state index in [-0.39, 0.29) is 5.41 Å². The van der Waals surface area contributed by atoms with Gasteiger partial charge in [-0.15, -0.1) is 0 Å². The van der Waals surface area contributed by atoms with Gasteiger partial charge in [0.05, 0.1) is 0 Å². The highest BCUT2D eigenvalue weighted by Crippen LogP contribution is 2.35. The summed E-state index contributed by atoms with van der Waals surface area (Å²) in [5.74, 6) is -0.803. The molecule has 112 valence electrons. The van der Waals surface area contributed by atoms with Crippen molar-refractivity contribution in [2.24, 2.45) is 0 Å². The third-order valence-electron chi connectivity index (χ3n) is 3.15. The van der Waals surface area contributed by atoms with E-state index in [0.29, 0.717) is 11.3 Å². The van der Waals surface area contributed by atoms with Crippen LogP contribution in [-0.4, -0.2) is 25.2 Å². The summed E-state index contributed by atoms with van der Waals surface area (Å²) in [6, 6.07) is 5.35. The van der Waals surface area contributed by atoms with Gasteiger partial charge in [-0.25, -0.2) is 4.79 Å². The highest BCUT2D eigenvalue weighted by atomic mass is 28.3. The fourth-order valence-electron chi connectivity index (χ4n) is 1.86. The summed E-state index contributed by atoms with van der Waals surface area (Å²) in [6.45, 7) is 11.5. The molecule has 20 heavy (non-hydrogen) atoms. The van der Waals surface area contributed by atoms with Gasteiger partial charge >= 0.3 is 5.97 Å². The molecule has 5 heteroatoms. The van der Waals surface area contributed by atoms with Gasteiger partial charge in [-0.2, -0.15) is 0 Å². The Balaban J connectivity index is 3.42. The molecule has 0 bridgehead atoms. The fourth-order valence-corrected chi connectivity index (χ4v) is 2.56. The molecule has 0 heterocycles. The minimum Gasteiger partial charge on any atom is -0.547 e. The number of carboxylic acid groups (broad SMARTS) is 1. The van der Waals surface area contributed by atoms with Gasteiger partial charge in [0.25, 0.3) is 0 Å². The molecule has 0 fully saturated rings. The number of aliphatic carboxylic acids is 1. The smallest absolute Gasteiger partial charge is 0.340 e. The molecule has 0 aliphatic rings. The molecule has 0 spiro atoms. The van der Waals surface area contributed by atoms with E-state index < -0.39 is 20.6 Å². The number of rotatable bonds is 4. The Morgan fingerprint density at radius 3 is 2.15 bits per heavy atom. The standard InChI is InChI=1S/C15H24O4Si/c1-14(2,3)10-7-8-11(15(4,18)13(16)17)12(9-10)19-20(5)6/h7-9,18,20H,1-6H3,(H,16,17). The second kappa shape index (κ2) is 5.58. The molecule has 0 aliphatic carbocycles. The van der Waals surface area contributed by atoms with Gasteiger partial charge in [-0.05, 0) is 37.1 Å². The topological polar surface area (TPSA) is 66.8 Å². The Morgan fingerprint density at radius 2 is 1.75 bits per heavy atom. The molecule has 1 atom stereocenters. The molecule has 0 radical (unpaired) electrons. The Morgan fingerprint density at radius 1 is 1.20 bits per heavy atom. The predicted molar refractivity (Wildman–Crippen MR) is 81.9 cm³/mol. The summed E-state index contributed by atoms with van der Waals surface area (Å²) in [5.41, 5.74) is -0.662. The molecular formula is C15H24O4Si. The van der Waals surface area contributed by atoms with E-state index in [1.807, 2.05) is 25.2 Å². The maximum absolute atomic E-state index is 11.2. The summed E-state index contributed by atoms with van der Waals surface area (Å²) in [7, 11) is -1.41. The highest BCUT2D eigenvalue weighted by molar-refractivity contribution is 6.49. The Bertz CT molecular complexity index is 501. The molecule has 0 amide bonds. The third kappa shape index (κ3) is 3.61. The quantitative estimate of drug-likeness (QED) is 0.838. The highest BCUT2D eigenvalue weighted by Gasteiger charge is 2.35. The van der Waals surface area contributed by atoms with Crippen molar-refractivity contribution in [2.45, 2.75) is 51.8 Å². The van der Waals surface area contributed by atoms with Crippen molar-refractivity contribution >= 4 is 15.0 Å². The first-order chi connectivity index (χ1) is 8.96. The maximum atomic E-state index is 11.2. The van der Waals surface area contributed by atoms with Crippen LogP contribution in [0, 0.1) is 0 Å². The molecule has 1 aromatic rings. The van der Waals surface area contributed by atoms with Gasteiger partial charge in [0.15, 0.2) is 5.60 Å². The molecule has 1 rings (SSSR count). The first-order valence-electron chi connectivity index (χ1n) is 6.73. The van der Waals surface area contributed by atoms with E-state index in [2.05, 4.69) is 20.8 Å². The average molecular weight is 296 g/mol. The van der Waals surface area contributed by atoms with Crippen molar-refractivity contribution in [2.75, 3.05) is 0 Å².